The lowest BCUT2D eigenvalue weighted by Gasteiger charge is -2.31. The minimum Gasteiger partial charge on any atom is -0.310 e. The maximum Gasteiger partial charge on any atom is 0.0465 e. The molecule has 0 aromatic heterocycles. The zero-order valence-corrected chi connectivity index (χ0v) is 27.8. The van der Waals surface area contributed by atoms with Gasteiger partial charge in [-0.05, 0) is 157 Å². The number of rotatable bonds is 6. The molecule has 0 unspecified atom stereocenters. The molecule has 0 fully saturated rings. The first-order valence-corrected chi connectivity index (χ1v) is 17.1. The van der Waals surface area contributed by atoms with Gasteiger partial charge in [-0.3, -0.25) is 0 Å². The van der Waals surface area contributed by atoms with Crippen LogP contribution in [0.4, 0.5) is 34.1 Å². The van der Waals surface area contributed by atoms with Gasteiger partial charge in [0.2, 0.25) is 0 Å². The summed E-state index contributed by atoms with van der Waals surface area (Å²) in [6.45, 7) is 9.11. The van der Waals surface area contributed by atoms with Crippen molar-refractivity contribution in [1.29, 1.82) is 0 Å². The molecular formula is C45H40N2. The van der Waals surface area contributed by atoms with Crippen LogP contribution < -0.4 is 9.80 Å². The minimum absolute atomic E-state index is 0.157. The molecule has 3 aliphatic carbocycles. The average Bonchev–Trinajstić information content (AvgIpc) is 3.27. The molecular weight excluding hydrogens is 569 g/mol. The largest absolute Gasteiger partial charge is 0.310 e. The van der Waals surface area contributed by atoms with Crippen molar-refractivity contribution >= 4 is 34.1 Å². The summed E-state index contributed by atoms with van der Waals surface area (Å²) in [6.07, 6.45) is 4.73. The van der Waals surface area contributed by atoms with Gasteiger partial charge in [0.1, 0.15) is 0 Å². The number of hydrogen-bond donors (Lipinski definition) is 0. The summed E-state index contributed by atoms with van der Waals surface area (Å²) in [6, 6.07) is 46.2. The highest BCUT2D eigenvalue weighted by Gasteiger charge is 2.37. The number of aryl methyl sites for hydroxylation is 6. The van der Waals surface area contributed by atoms with Crippen LogP contribution in [-0.4, -0.2) is 0 Å². The summed E-state index contributed by atoms with van der Waals surface area (Å²) in [7, 11) is 0. The lowest BCUT2D eigenvalue weighted by atomic mass is 9.82. The fraction of sp³-hybridized carbons (Fsp3) is 0.200. The number of anilines is 6. The second-order valence-corrected chi connectivity index (χ2v) is 14.3. The van der Waals surface area contributed by atoms with E-state index in [0.717, 1.165) is 0 Å². The fourth-order valence-electron chi connectivity index (χ4n) is 7.91. The third-order valence-corrected chi connectivity index (χ3v) is 11.0. The number of fused-ring (bicyclic) bond motifs is 5. The first-order chi connectivity index (χ1) is 22.8. The number of benzene rings is 6. The minimum atomic E-state index is -0.157. The van der Waals surface area contributed by atoms with Crippen LogP contribution in [-0.2, 0) is 31.1 Å². The van der Waals surface area contributed by atoms with Crippen molar-refractivity contribution in [3.63, 3.8) is 0 Å². The van der Waals surface area contributed by atoms with Gasteiger partial charge in [-0.15, -0.1) is 0 Å². The molecule has 0 aliphatic heterocycles. The summed E-state index contributed by atoms with van der Waals surface area (Å²) < 4.78 is 0. The Hall–Kier alpha value is -5.08. The van der Waals surface area contributed by atoms with E-state index in [1.54, 1.807) is 0 Å². The van der Waals surface area contributed by atoms with Crippen molar-refractivity contribution < 1.29 is 0 Å². The Bertz CT molecular complexity index is 2030. The van der Waals surface area contributed by atoms with Gasteiger partial charge < -0.3 is 9.80 Å². The average molecular weight is 609 g/mol. The summed E-state index contributed by atoms with van der Waals surface area (Å²) in [5.41, 5.74) is 21.0. The summed E-state index contributed by atoms with van der Waals surface area (Å²) in [5.74, 6) is 0. The van der Waals surface area contributed by atoms with Crippen molar-refractivity contribution in [1.82, 2.24) is 0 Å². The van der Waals surface area contributed by atoms with Crippen molar-refractivity contribution in [2.75, 3.05) is 9.80 Å². The normalized spacial score (nSPS) is 14.6. The molecule has 0 amide bonds. The summed E-state index contributed by atoms with van der Waals surface area (Å²) >= 11 is 0. The van der Waals surface area contributed by atoms with Crippen molar-refractivity contribution in [3.8, 4) is 11.1 Å². The zero-order valence-electron chi connectivity index (χ0n) is 27.8. The van der Waals surface area contributed by atoms with Crippen molar-refractivity contribution in [2.45, 2.75) is 58.8 Å². The molecule has 2 nitrogen and oxygen atoms in total. The predicted molar refractivity (Wildman–Crippen MR) is 198 cm³/mol. The van der Waals surface area contributed by atoms with Crippen molar-refractivity contribution in [3.05, 3.63) is 166 Å². The van der Waals surface area contributed by atoms with Gasteiger partial charge in [0.05, 0.1) is 0 Å². The number of nitrogens with zero attached hydrogens (tertiary/aromatic N) is 2. The standard InChI is InChI=1S/C45H40N2/c1-29-5-15-35(16-6-29)46(37-19-13-31-9-11-33(31)25-37)39-21-23-41-42-24-22-40(28-44(42)45(3,4)43(41)27-39)47(36-17-7-30(2)8-18-36)38-20-14-32-10-12-34(32)26-38/h5-8,13-28H,9-12H2,1-4H3. The third-order valence-electron chi connectivity index (χ3n) is 11.0. The van der Waals surface area contributed by atoms with E-state index in [4.69, 9.17) is 0 Å². The lowest BCUT2D eigenvalue weighted by molar-refractivity contribution is 0.660. The van der Waals surface area contributed by atoms with Gasteiger partial charge >= 0.3 is 0 Å². The monoisotopic (exact) mass is 608 g/mol. The Morgan fingerprint density at radius 3 is 1.09 bits per heavy atom. The molecule has 0 N–H and O–H groups in total. The summed E-state index contributed by atoms with van der Waals surface area (Å²) in [5, 5.41) is 0. The smallest absolute Gasteiger partial charge is 0.0465 e. The molecule has 0 atom stereocenters. The van der Waals surface area contributed by atoms with Crippen LogP contribution in [0.1, 0.15) is 58.4 Å². The van der Waals surface area contributed by atoms with Gasteiger partial charge in [-0.2, -0.15) is 0 Å². The SMILES string of the molecule is Cc1ccc(N(c2ccc3c(c2)CC3)c2ccc3c(c2)C(C)(C)c2cc(N(c4ccc(C)cc4)c4ccc5c(c4)CC5)ccc2-3)cc1. The second kappa shape index (κ2) is 10.5. The fourth-order valence-corrected chi connectivity index (χ4v) is 7.91. The van der Waals surface area contributed by atoms with Crippen LogP contribution in [0.15, 0.2) is 121 Å². The molecule has 47 heavy (non-hydrogen) atoms. The van der Waals surface area contributed by atoms with Crippen LogP contribution in [0, 0.1) is 13.8 Å². The van der Waals surface area contributed by atoms with Gasteiger partial charge in [-0.25, -0.2) is 0 Å². The highest BCUT2D eigenvalue weighted by Crippen LogP contribution is 2.52. The Labute approximate surface area is 279 Å². The van der Waals surface area contributed by atoms with Crippen LogP contribution in [0.2, 0.25) is 0 Å². The molecule has 0 bridgehead atoms. The van der Waals surface area contributed by atoms with Gasteiger partial charge in [0.15, 0.2) is 0 Å². The van der Waals surface area contributed by atoms with E-state index in [2.05, 4.69) is 159 Å². The molecule has 0 radical (unpaired) electrons. The highest BCUT2D eigenvalue weighted by atomic mass is 15.1. The molecule has 9 rings (SSSR count). The topological polar surface area (TPSA) is 6.48 Å². The van der Waals surface area contributed by atoms with E-state index in [-0.39, 0.29) is 5.41 Å². The molecule has 2 heteroatoms. The van der Waals surface area contributed by atoms with E-state index >= 15 is 0 Å². The van der Waals surface area contributed by atoms with Gasteiger partial charge in [-0.1, -0.05) is 73.5 Å². The molecule has 230 valence electrons. The second-order valence-electron chi connectivity index (χ2n) is 14.3. The van der Waals surface area contributed by atoms with Crippen LogP contribution in [0.25, 0.3) is 11.1 Å². The maximum atomic E-state index is 2.45. The first kappa shape index (κ1) is 28.2. The van der Waals surface area contributed by atoms with Crippen LogP contribution >= 0.6 is 0 Å². The number of hydrogen-bond acceptors (Lipinski definition) is 2. The van der Waals surface area contributed by atoms with Gasteiger partial charge in [0.25, 0.3) is 0 Å². The quantitative estimate of drug-likeness (QED) is 0.186. The molecule has 6 aromatic carbocycles. The van der Waals surface area contributed by atoms with E-state index in [0.29, 0.717) is 0 Å². The Balaban J connectivity index is 1.15. The summed E-state index contributed by atoms with van der Waals surface area (Å²) in [4.78, 5) is 4.88. The molecule has 0 saturated heterocycles. The Kier molecular flexibility index (Phi) is 6.27. The van der Waals surface area contributed by atoms with Gasteiger partial charge in [0, 0.05) is 39.5 Å². The van der Waals surface area contributed by atoms with Crippen LogP contribution in [0.3, 0.4) is 0 Å². The Morgan fingerprint density at radius 1 is 0.383 bits per heavy atom. The molecule has 6 aromatic rings. The third kappa shape index (κ3) is 4.53. The van der Waals surface area contributed by atoms with E-state index < -0.39 is 0 Å². The lowest BCUT2D eigenvalue weighted by Crippen LogP contribution is -2.18. The predicted octanol–water partition coefficient (Wildman–Crippen LogP) is 11.7. The first-order valence-electron chi connectivity index (χ1n) is 17.1. The van der Waals surface area contributed by atoms with E-state index in [9.17, 15) is 0 Å². The molecule has 0 heterocycles. The van der Waals surface area contributed by atoms with E-state index in [1.807, 2.05) is 0 Å². The maximum absolute atomic E-state index is 2.45. The van der Waals surface area contributed by atoms with E-state index in [1.165, 1.54) is 115 Å². The molecule has 0 saturated carbocycles. The molecule has 3 aliphatic rings. The van der Waals surface area contributed by atoms with Crippen molar-refractivity contribution in [2.24, 2.45) is 0 Å². The molecule has 0 spiro atoms. The van der Waals surface area contributed by atoms with Crippen LogP contribution in [0.5, 0.6) is 0 Å². The highest BCUT2D eigenvalue weighted by molar-refractivity contribution is 5.88. The zero-order chi connectivity index (χ0) is 31.9. The Morgan fingerprint density at radius 2 is 0.723 bits per heavy atom.